The fraction of sp³-hybridized carbons (Fsp3) is 0.647. The number of likely N-dealkylation sites (tertiary alicyclic amines) is 1. The number of anilines is 1. The van der Waals surface area contributed by atoms with Gasteiger partial charge in [0, 0.05) is 26.2 Å². The Bertz CT molecular complexity index is 697. The van der Waals surface area contributed by atoms with Gasteiger partial charge < -0.3 is 14.5 Å². The van der Waals surface area contributed by atoms with Crippen LogP contribution in [0, 0.1) is 22.9 Å². The summed E-state index contributed by atoms with van der Waals surface area (Å²) in [5.41, 5.74) is -0.711. The van der Waals surface area contributed by atoms with Gasteiger partial charge >= 0.3 is 6.09 Å². The molecule has 144 valence electrons. The number of carbonyl (C=O) groups is 1. The van der Waals surface area contributed by atoms with Crippen molar-refractivity contribution in [1.82, 2.24) is 9.88 Å². The number of nitrogens with zero attached hydrogens (tertiary/aromatic N) is 4. The fourth-order valence-corrected chi connectivity index (χ4v) is 2.93. The largest absolute Gasteiger partial charge is 0.444 e. The highest BCUT2D eigenvalue weighted by Gasteiger charge is 2.30. The summed E-state index contributed by atoms with van der Waals surface area (Å²) < 4.78 is 19.7. The first-order chi connectivity index (χ1) is 12.0. The Morgan fingerprint density at radius 3 is 2.50 bits per heavy atom. The van der Waals surface area contributed by atoms with Crippen molar-refractivity contribution < 1.29 is 18.8 Å². The van der Waals surface area contributed by atoms with E-state index in [9.17, 15) is 19.3 Å². The first-order valence-electron chi connectivity index (χ1n) is 8.52. The normalized spacial score (nSPS) is 15.7. The first kappa shape index (κ1) is 19.9. The molecule has 0 bridgehead atoms. The summed E-state index contributed by atoms with van der Waals surface area (Å²) in [6.07, 6.45) is 0.911. The van der Waals surface area contributed by atoms with Gasteiger partial charge in [0.1, 0.15) is 11.3 Å². The molecule has 0 saturated carbocycles. The Morgan fingerprint density at radius 2 is 2.00 bits per heavy atom. The maximum atomic E-state index is 14.3. The topological polar surface area (TPSA) is 88.8 Å². The Hall–Kier alpha value is -2.45. The monoisotopic (exact) mass is 368 g/mol. The van der Waals surface area contributed by atoms with Gasteiger partial charge in [-0.05, 0) is 40.5 Å². The maximum absolute atomic E-state index is 14.3. The molecule has 9 heteroatoms. The number of piperidine rings is 1. The molecular formula is C17H25FN4O4. The predicted octanol–water partition coefficient (Wildman–Crippen LogP) is 3.27. The van der Waals surface area contributed by atoms with E-state index in [-0.39, 0.29) is 29.3 Å². The van der Waals surface area contributed by atoms with E-state index < -0.39 is 16.3 Å². The van der Waals surface area contributed by atoms with Gasteiger partial charge in [-0.25, -0.2) is 14.2 Å². The van der Waals surface area contributed by atoms with Crippen LogP contribution in [-0.4, -0.2) is 52.7 Å². The lowest BCUT2D eigenvalue weighted by atomic mass is 10.0. The van der Waals surface area contributed by atoms with Crippen LogP contribution in [0.1, 0.15) is 39.3 Å². The molecular weight excluding hydrogens is 343 g/mol. The summed E-state index contributed by atoms with van der Waals surface area (Å²) >= 11 is 0. The molecule has 2 heterocycles. The minimum atomic E-state index is -0.723. The average molecular weight is 368 g/mol. The molecule has 0 N–H and O–H groups in total. The molecule has 0 spiro atoms. The van der Waals surface area contributed by atoms with E-state index in [0.717, 1.165) is 6.07 Å². The molecule has 1 fully saturated rings. The molecule has 26 heavy (non-hydrogen) atoms. The van der Waals surface area contributed by atoms with Crippen LogP contribution in [0.3, 0.4) is 0 Å². The molecule has 1 aliphatic rings. The first-order valence-corrected chi connectivity index (χ1v) is 8.52. The molecule has 1 aromatic heterocycles. The molecule has 1 aromatic rings. The highest BCUT2D eigenvalue weighted by molar-refractivity contribution is 5.68. The van der Waals surface area contributed by atoms with Gasteiger partial charge in [0.2, 0.25) is 0 Å². The van der Waals surface area contributed by atoms with E-state index >= 15 is 0 Å². The molecule has 0 unspecified atom stereocenters. The lowest BCUT2D eigenvalue weighted by Crippen LogP contribution is -2.47. The minimum absolute atomic E-state index is 0.0171. The quantitative estimate of drug-likeness (QED) is 0.601. The average Bonchev–Trinajstić information content (AvgIpc) is 2.54. The number of nitro groups is 1. The van der Waals surface area contributed by atoms with Crippen molar-refractivity contribution in [2.45, 2.75) is 52.2 Å². The number of ether oxygens (including phenoxy) is 1. The van der Waals surface area contributed by atoms with Crippen molar-refractivity contribution >= 4 is 17.6 Å². The van der Waals surface area contributed by atoms with Crippen molar-refractivity contribution in [3.05, 3.63) is 27.7 Å². The summed E-state index contributed by atoms with van der Waals surface area (Å²) in [6, 6.07) is 0.890. The van der Waals surface area contributed by atoms with Crippen molar-refractivity contribution in [2.24, 2.45) is 0 Å². The highest BCUT2D eigenvalue weighted by Crippen LogP contribution is 2.27. The second-order valence-electron chi connectivity index (χ2n) is 7.46. The molecule has 1 amide bonds. The summed E-state index contributed by atoms with van der Waals surface area (Å²) in [5.74, 6) is -0.636. The molecule has 0 aliphatic carbocycles. The van der Waals surface area contributed by atoms with Gasteiger partial charge in [0.05, 0.1) is 11.0 Å². The predicted molar refractivity (Wildman–Crippen MR) is 94.8 cm³/mol. The summed E-state index contributed by atoms with van der Waals surface area (Å²) in [6.45, 7) is 7.93. The van der Waals surface area contributed by atoms with Crippen LogP contribution < -0.4 is 4.90 Å². The van der Waals surface area contributed by atoms with Crippen LogP contribution in [0.25, 0.3) is 0 Å². The van der Waals surface area contributed by atoms with Crippen LogP contribution >= 0.6 is 0 Å². The third kappa shape index (κ3) is 4.59. The zero-order valence-electron chi connectivity index (χ0n) is 15.8. The van der Waals surface area contributed by atoms with E-state index in [1.54, 1.807) is 16.8 Å². The molecule has 0 atom stereocenters. The number of aromatic nitrogens is 1. The van der Waals surface area contributed by atoms with Gasteiger partial charge in [-0.3, -0.25) is 10.1 Å². The van der Waals surface area contributed by atoms with E-state index in [4.69, 9.17) is 4.74 Å². The van der Waals surface area contributed by atoms with Crippen molar-refractivity contribution in [1.29, 1.82) is 0 Å². The number of pyridine rings is 1. The van der Waals surface area contributed by atoms with Gasteiger partial charge in [0.15, 0.2) is 11.6 Å². The number of hydrogen-bond acceptors (Lipinski definition) is 6. The molecule has 0 aromatic carbocycles. The minimum Gasteiger partial charge on any atom is -0.444 e. The number of rotatable bonds is 3. The lowest BCUT2D eigenvalue weighted by molar-refractivity contribution is -0.385. The standard InChI is InChI=1S/C17H25FN4O4/c1-11-14(22(24)25)10-13(18)15(19-11)20(5)12-6-8-21(9-7-12)16(23)26-17(2,3)4/h10,12H,6-9H2,1-5H3. The summed E-state index contributed by atoms with van der Waals surface area (Å²) in [5, 5.41) is 10.9. The smallest absolute Gasteiger partial charge is 0.410 e. The van der Waals surface area contributed by atoms with Crippen molar-refractivity contribution in [2.75, 3.05) is 25.0 Å². The second-order valence-corrected chi connectivity index (χ2v) is 7.46. The van der Waals surface area contributed by atoms with E-state index in [0.29, 0.717) is 25.9 Å². The number of amides is 1. The van der Waals surface area contributed by atoms with Crippen LogP contribution in [0.4, 0.5) is 20.7 Å². The van der Waals surface area contributed by atoms with E-state index in [1.807, 2.05) is 20.8 Å². The Balaban J connectivity index is 2.05. The van der Waals surface area contributed by atoms with E-state index in [1.165, 1.54) is 6.92 Å². The SMILES string of the molecule is Cc1nc(N(C)C2CCN(C(=O)OC(C)(C)C)CC2)c(F)cc1[N+](=O)[O-]. The summed E-state index contributed by atoms with van der Waals surface area (Å²) in [4.78, 5) is 29.8. The van der Waals surface area contributed by atoms with Crippen LogP contribution in [0.5, 0.6) is 0 Å². The zero-order chi connectivity index (χ0) is 19.6. The third-order valence-corrected chi connectivity index (χ3v) is 4.32. The van der Waals surface area contributed by atoms with Gasteiger partial charge in [-0.2, -0.15) is 0 Å². The second kappa shape index (κ2) is 7.43. The number of hydrogen-bond donors (Lipinski definition) is 0. The molecule has 1 aliphatic heterocycles. The van der Waals surface area contributed by atoms with Gasteiger partial charge in [-0.1, -0.05) is 0 Å². The zero-order valence-corrected chi connectivity index (χ0v) is 15.8. The molecule has 1 saturated heterocycles. The van der Waals surface area contributed by atoms with Crippen LogP contribution in [0.2, 0.25) is 0 Å². The third-order valence-electron chi connectivity index (χ3n) is 4.32. The van der Waals surface area contributed by atoms with Crippen molar-refractivity contribution in [3.63, 3.8) is 0 Å². The maximum Gasteiger partial charge on any atom is 0.410 e. The van der Waals surface area contributed by atoms with Crippen LogP contribution in [-0.2, 0) is 4.74 Å². The molecule has 2 rings (SSSR count). The number of aryl methyl sites for hydroxylation is 1. The lowest BCUT2D eigenvalue weighted by Gasteiger charge is -2.37. The van der Waals surface area contributed by atoms with Crippen LogP contribution in [0.15, 0.2) is 6.07 Å². The van der Waals surface area contributed by atoms with Gasteiger partial charge in [-0.15, -0.1) is 0 Å². The highest BCUT2D eigenvalue weighted by atomic mass is 19.1. The number of carbonyl (C=O) groups excluding carboxylic acids is 1. The summed E-state index contributed by atoms with van der Waals surface area (Å²) in [7, 11) is 1.71. The van der Waals surface area contributed by atoms with Gasteiger partial charge in [0.25, 0.3) is 5.69 Å². The fourth-order valence-electron chi connectivity index (χ4n) is 2.93. The number of halogens is 1. The molecule has 8 nitrogen and oxygen atoms in total. The van der Waals surface area contributed by atoms with E-state index in [2.05, 4.69) is 4.98 Å². The molecule has 0 radical (unpaired) electrons. The Labute approximate surface area is 152 Å². The Morgan fingerprint density at radius 1 is 1.42 bits per heavy atom. The Kier molecular flexibility index (Phi) is 5.68. The van der Waals surface area contributed by atoms with Crippen molar-refractivity contribution in [3.8, 4) is 0 Å².